The first kappa shape index (κ1) is 34.4. The van der Waals surface area contributed by atoms with E-state index in [0.29, 0.717) is 21.9 Å². The highest BCUT2D eigenvalue weighted by molar-refractivity contribution is 7.85. The van der Waals surface area contributed by atoms with Crippen LogP contribution in [-0.2, 0) is 14.9 Å². The zero-order chi connectivity index (χ0) is 30.9. The predicted octanol–water partition coefficient (Wildman–Crippen LogP) is 7.13. The van der Waals surface area contributed by atoms with Gasteiger partial charge in [-0.1, -0.05) is 65.5 Å². The second-order valence-corrected chi connectivity index (χ2v) is 18.1. The van der Waals surface area contributed by atoms with Gasteiger partial charge < -0.3 is 14.3 Å². The minimum absolute atomic E-state index is 0.287. The van der Waals surface area contributed by atoms with E-state index >= 15 is 0 Å². The van der Waals surface area contributed by atoms with E-state index < -0.39 is 22.0 Å². The predicted molar refractivity (Wildman–Crippen MR) is 172 cm³/mol. The van der Waals surface area contributed by atoms with Gasteiger partial charge in [-0.2, -0.15) is 8.42 Å². The minimum atomic E-state index is -4.17. The van der Waals surface area contributed by atoms with E-state index in [9.17, 15) is 13.5 Å². The average Bonchev–Trinajstić information content (AvgIpc) is 3.22. The lowest BCUT2D eigenvalue weighted by molar-refractivity contribution is -0.893. The monoisotopic (exact) mass is 610 g/mol. The van der Waals surface area contributed by atoms with Gasteiger partial charge in [0, 0.05) is 6.42 Å². The lowest BCUT2D eigenvalue weighted by Crippen LogP contribution is -2.51. The molecule has 0 aromatic carbocycles. The fourth-order valence-electron chi connectivity index (χ4n) is 10.5. The van der Waals surface area contributed by atoms with Crippen molar-refractivity contribution in [1.82, 2.24) is 0 Å². The molecule has 0 amide bonds. The summed E-state index contributed by atoms with van der Waals surface area (Å²) in [4.78, 5) is 0. The summed E-state index contributed by atoms with van der Waals surface area (Å²) in [6.45, 7) is 14.3. The summed E-state index contributed by atoms with van der Waals surface area (Å²) in [5.74, 6) is 4.57. The number of hydrogen-bond acceptors (Lipinski definition) is 4. The summed E-state index contributed by atoms with van der Waals surface area (Å²) >= 11 is 0. The van der Waals surface area contributed by atoms with Crippen LogP contribution in [0.2, 0.25) is 0 Å². The van der Waals surface area contributed by atoms with E-state index in [1.165, 1.54) is 57.8 Å². The Morgan fingerprint density at radius 3 is 2.45 bits per heavy atom. The first-order chi connectivity index (χ1) is 19.5. The number of quaternary nitrogens is 1. The van der Waals surface area contributed by atoms with Gasteiger partial charge in [-0.25, -0.2) is 0 Å². The van der Waals surface area contributed by atoms with Gasteiger partial charge in [-0.05, 0) is 97.7 Å². The quantitative estimate of drug-likeness (QED) is 0.0946. The van der Waals surface area contributed by atoms with E-state index in [2.05, 4.69) is 40.7 Å². The molecule has 4 aliphatic carbocycles. The van der Waals surface area contributed by atoms with Crippen molar-refractivity contribution >= 4 is 10.1 Å². The largest absolute Gasteiger partial charge is 0.386 e. The van der Waals surface area contributed by atoms with Crippen LogP contribution in [0.1, 0.15) is 112 Å². The molecule has 0 saturated heterocycles. The molecule has 0 aliphatic heterocycles. The number of allylic oxidation sites excluding steroid dienone is 1. The summed E-state index contributed by atoms with van der Waals surface area (Å²) in [5.41, 5.74) is 2.55. The Kier molecular flexibility index (Phi) is 11.0. The van der Waals surface area contributed by atoms with Crippen molar-refractivity contribution in [2.75, 3.05) is 39.5 Å². The van der Waals surface area contributed by atoms with Gasteiger partial charge >= 0.3 is 0 Å². The van der Waals surface area contributed by atoms with Gasteiger partial charge in [0.2, 0.25) is 0 Å². The molecule has 0 heterocycles. The number of hydrogen-bond donors (Lipinski definition) is 2. The molecule has 0 radical (unpaired) electrons. The molecule has 0 bridgehead atoms. The van der Waals surface area contributed by atoms with E-state index in [1.54, 1.807) is 5.57 Å². The molecule has 2 N–H and O–H groups in total. The summed E-state index contributed by atoms with van der Waals surface area (Å²) < 4.78 is 38.1. The Morgan fingerprint density at radius 1 is 1.02 bits per heavy atom. The summed E-state index contributed by atoms with van der Waals surface area (Å²) in [6, 6.07) is 0. The van der Waals surface area contributed by atoms with Crippen LogP contribution in [0.25, 0.3) is 0 Å². The number of aliphatic hydroxyl groups is 1. The zero-order valence-corrected chi connectivity index (χ0v) is 28.8. The molecule has 3 fully saturated rings. The van der Waals surface area contributed by atoms with Crippen LogP contribution in [0.5, 0.6) is 0 Å². The van der Waals surface area contributed by atoms with Gasteiger partial charge in [-0.15, -0.1) is 0 Å². The van der Waals surface area contributed by atoms with Crippen LogP contribution < -0.4 is 0 Å². The molecule has 9 atom stereocenters. The average molecular weight is 611 g/mol. The molecule has 0 aromatic rings. The van der Waals surface area contributed by atoms with Gasteiger partial charge in [0.05, 0.1) is 33.4 Å². The maximum Gasteiger partial charge on any atom is 0.267 e. The maximum atomic E-state index is 11.1. The SMILES string of the molecule is CC(C)CCC[C@@H](C)[C@H]1CC[C@H]2[C@@H]3CC=C4C[C@@H](OCCC[N+](C)(C)CC(O)CS(=O)(=O)O)CC[C@]4(C)[C@H]3CC[C@]12C. The molecule has 0 spiro atoms. The fraction of sp³-hybridized carbons (Fsp3) is 0.943. The molecular formula is C35H64NO5S+. The Hall–Kier alpha value is -0.470. The van der Waals surface area contributed by atoms with Crippen molar-refractivity contribution in [2.45, 2.75) is 124 Å². The molecule has 6 nitrogen and oxygen atoms in total. The number of fused-ring (bicyclic) bond motifs is 5. The van der Waals surface area contributed by atoms with Crippen molar-refractivity contribution < 1.29 is 27.3 Å². The number of ether oxygens (including phenoxy) is 1. The molecular weight excluding hydrogens is 546 g/mol. The summed E-state index contributed by atoms with van der Waals surface area (Å²) in [7, 11) is -0.199. The molecule has 244 valence electrons. The van der Waals surface area contributed by atoms with E-state index in [1.807, 2.05) is 14.1 Å². The van der Waals surface area contributed by atoms with Crippen molar-refractivity contribution in [3.63, 3.8) is 0 Å². The molecule has 7 heteroatoms. The first-order valence-electron chi connectivity index (χ1n) is 17.3. The van der Waals surface area contributed by atoms with Crippen LogP contribution >= 0.6 is 0 Å². The van der Waals surface area contributed by atoms with Crippen LogP contribution in [-0.4, -0.2) is 74.3 Å². The molecule has 3 saturated carbocycles. The number of rotatable bonds is 14. The van der Waals surface area contributed by atoms with E-state index in [4.69, 9.17) is 9.29 Å². The third-order valence-electron chi connectivity index (χ3n) is 12.6. The topological polar surface area (TPSA) is 83.8 Å². The van der Waals surface area contributed by atoms with Gasteiger partial charge in [0.15, 0.2) is 0 Å². The highest BCUT2D eigenvalue weighted by Crippen LogP contribution is 2.67. The van der Waals surface area contributed by atoms with Crippen molar-refractivity contribution in [2.24, 2.45) is 46.3 Å². The third kappa shape index (κ3) is 8.02. The Bertz CT molecular complexity index is 1040. The van der Waals surface area contributed by atoms with Crippen molar-refractivity contribution in [1.29, 1.82) is 0 Å². The van der Waals surface area contributed by atoms with Crippen molar-refractivity contribution in [3.05, 3.63) is 11.6 Å². The third-order valence-corrected chi connectivity index (χ3v) is 13.4. The zero-order valence-electron chi connectivity index (χ0n) is 28.0. The Balaban J connectivity index is 1.28. The van der Waals surface area contributed by atoms with Crippen LogP contribution in [0, 0.1) is 46.3 Å². The molecule has 42 heavy (non-hydrogen) atoms. The molecule has 1 unspecified atom stereocenters. The Morgan fingerprint density at radius 2 is 1.76 bits per heavy atom. The highest BCUT2D eigenvalue weighted by Gasteiger charge is 2.59. The maximum absolute atomic E-state index is 11.1. The molecule has 4 aliphatic rings. The summed E-state index contributed by atoms with van der Waals surface area (Å²) in [5, 5.41) is 10.1. The van der Waals surface area contributed by atoms with Crippen LogP contribution in [0.3, 0.4) is 0 Å². The van der Waals surface area contributed by atoms with E-state index in [-0.39, 0.29) is 12.6 Å². The molecule has 4 rings (SSSR count). The standard InChI is InChI=1S/C35H63NO5S/c1-25(2)10-8-11-26(3)31-14-15-32-30-13-12-27-22-29(16-18-34(27,4)33(30)17-19-35(31,32)5)41-21-9-20-36(6,7)23-28(37)24-42(38,39)40/h12,25-26,28-33,37H,8-11,13-24H2,1-7H3/p+1/t26-,28?,29+,30+,31-,32+,33+,34+,35-/m1/s1. The minimum Gasteiger partial charge on any atom is -0.386 e. The van der Waals surface area contributed by atoms with Gasteiger partial charge in [0.25, 0.3) is 10.1 Å². The van der Waals surface area contributed by atoms with Gasteiger partial charge in [-0.3, -0.25) is 4.55 Å². The fourth-order valence-corrected chi connectivity index (χ4v) is 11.1. The van der Waals surface area contributed by atoms with Gasteiger partial charge in [0.1, 0.15) is 18.4 Å². The highest BCUT2D eigenvalue weighted by atomic mass is 32.2. The lowest BCUT2D eigenvalue weighted by atomic mass is 9.47. The first-order valence-corrected chi connectivity index (χ1v) is 18.9. The number of nitrogens with zero attached hydrogens (tertiary/aromatic N) is 1. The lowest BCUT2D eigenvalue weighted by Gasteiger charge is -2.58. The summed E-state index contributed by atoms with van der Waals surface area (Å²) in [6.07, 6.45) is 17.4. The number of aliphatic hydroxyl groups excluding tert-OH is 1. The van der Waals surface area contributed by atoms with Crippen LogP contribution in [0.4, 0.5) is 0 Å². The Labute approximate surface area is 258 Å². The van der Waals surface area contributed by atoms with E-state index in [0.717, 1.165) is 61.3 Å². The van der Waals surface area contributed by atoms with Crippen LogP contribution in [0.15, 0.2) is 11.6 Å². The normalized spacial score (nSPS) is 36.6. The number of likely N-dealkylation sites (N-methyl/N-ethyl adjacent to an activating group) is 1. The van der Waals surface area contributed by atoms with Crippen molar-refractivity contribution in [3.8, 4) is 0 Å². The second kappa shape index (κ2) is 13.5. The smallest absolute Gasteiger partial charge is 0.267 e. The second-order valence-electron chi connectivity index (χ2n) is 16.6. The molecule has 0 aromatic heterocycles.